The molecule has 2 unspecified atom stereocenters. The van der Waals surface area contributed by atoms with Gasteiger partial charge in [0.25, 0.3) is 0 Å². The van der Waals surface area contributed by atoms with E-state index in [1.165, 1.54) is 0 Å². The molecule has 4 nitrogen and oxygen atoms in total. The molecule has 1 fully saturated rings. The molecule has 27 heavy (non-hydrogen) atoms. The van der Waals surface area contributed by atoms with Crippen LogP contribution in [0.2, 0.25) is 0 Å². The third-order valence-corrected chi connectivity index (χ3v) is 5.84. The number of hydrogen-bond donors (Lipinski definition) is 0. The summed E-state index contributed by atoms with van der Waals surface area (Å²) in [7, 11) is 0. The Labute approximate surface area is 175 Å². The molecule has 0 amide bonds. The summed E-state index contributed by atoms with van der Waals surface area (Å²) < 4.78 is 13.0. The molecule has 2 atom stereocenters. The second kappa shape index (κ2) is 8.15. The number of carbonyl (C=O) groups excluding carboxylic acids is 2. The second-order valence-electron chi connectivity index (χ2n) is 6.78. The first-order valence-electron chi connectivity index (χ1n) is 8.75. The molecule has 2 aromatic carbocycles. The molecular formula is C21H20Br2O4. The topological polar surface area (TPSA) is 52.6 Å². The summed E-state index contributed by atoms with van der Waals surface area (Å²) >= 11 is 6.76. The summed E-state index contributed by atoms with van der Waals surface area (Å²) in [5.41, 5.74) is 0.589. The van der Waals surface area contributed by atoms with E-state index in [1.807, 2.05) is 48.5 Å². The van der Waals surface area contributed by atoms with Crippen LogP contribution in [0.15, 0.2) is 57.5 Å². The number of rotatable bonds is 6. The first kappa shape index (κ1) is 20.1. The predicted molar refractivity (Wildman–Crippen MR) is 109 cm³/mol. The normalized spacial score (nSPS) is 16.9. The van der Waals surface area contributed by atoms with Crippen molar-refractivity contribution in [1.82, 2.24) is 0 Å². The van der Waals surface area contributed by atoms with Gasteiger partial charge in [-0.25, -0.2) is 0 Å². The van der Waals surface area contributed by atoms with Gasteiger partial charge in [0.15, 0.2) is 5.41 Å². The van der Waals surface area contributed by atoms with Crippen LogP contribution in [0, 0.1) is 5.41 Å². The van der Waals surface area contributed by atoms with E-state index in [1.54, 1.807) is 13.8 Å². The largest absolute Gasteiger partial charge is 0.457 e. The molecule has 0 saturated heterocycles. The fourth-order valence-corrected chi connectivity index (χ4v) is 3.30. The van der Waals surface area contributed by atoms with E-state index in [9.17, 15) is 9.59 Å². The lowest BCUT2D eigenvalue weighted by molar-refractivity contribution is -0.170. The van der Waals surface area contributed by atoms with Gasteiger partial charge in [0.1, 0.15) is 12.2 Å². The minimum atomic E-state index is -1.16. The molecule has 3 rings (SSSR count). The van der Waals surface area contributed by atoms with Crippen molar-refractivity contribution in [2.75, 3.05) is 0 Å². The highest BCUT2D eigenvalue weighted by atomic mass is 79.9. The molecule has 0 heterocycles. The van der Waals surface area contributed by atoms with Gasteiger partial charge < -0.3 is 9.47 Å². The molecule has 6 heteroatoms. The number of halogens is 2. The zero-order valence-corrected chi connectivity index (χ0v) is 18.2. The third-order valence-electron chi connectivity index (χ3n) is 4.78. The van der Waals surface area contributed by atoms with Crippen LogP contribution in [0.25, 0.3) is 0 Å². The summed E-state index contributed by atoms with van der Waals surface area (Å²) in [4.78, 5) is 25.3. The molecule has 0 bridgehead atoms. The maximum absolute atomic E-state index is 12.6. The van der Waals surface area contributed by atoms with Crippen molar-refractivity contribution < 1.29 is 19.1 Å². The quantitative estimate of drug-likeness (QED) is 0.369. The number of carbonyl (C=O) groups is 2. The Morgan fingerprint density at radius 3 is 1.41 bits per heavy atom. The number of hydrogen-bond acceptors (Lipinski definition) is 4. The minimum Gasteiger partial charge on any atom is -0.457 e. The van der Waals surface area contributed by atoms with Crippen LogP contribution in [0.3, 0.4) is 0 Å². The van der Waals surface area contributed by atoms with E-state index in [2.05, 4.69) is 31.9 Å². The maximum atomic E-state index is 12.6. The lowest BCUT2D eigenvalue weighted by Crippen LogP contribution is -2.31. The highest BCUT2D eigenvalue weighted by Crippen LogP contribution is 2.49. The van der Waals surface area contributed by atoms with Crippen LogP contribution < -0.4 is 0 Å². The summed E-state index contributed by atoms with van der Waals surface area (Å²) in [6.45, 7) is 3.60. The lowest BCUT2D eigenvalue weighted by atomic mass is 10.1. The van der Waals surface area contributed by atoms with Crippen molar-refractivity contribution in [1.29, 1.82) is 0 Å². The van der Waals surface area contributed by atoms with Crippen molar-refractivity contribution in [2.24, 2.45) is 5.41 Å². The van der Waals surface area contributed by atoms with Gasteiger partial charge in [-0.05, 0) is 62.1 Å². The molecular weight excluding hydrogens is 476 g/mol. The summed E-state index contributed by atoms with van der Waals surface area (Å²) in [6.07, 6.45) is 0.0646. The Kier molecular flexibility index (Phi) is 6.06. The minimum absolute atomic E-state index is 0.431. The molecule has 142 valence electrons. The van der Waals surface area contributed by atoms with Crippen LogP contribution in [0.1, 0.15) is 50.0 Å². The average molecular weight is 496 g/mol. The van der Waals surface area contributed by atoms with E-state index in [0.29, 0.717) is 12.8 Å². The molecule has 0 N–H and O–H groups in total. The van der Waals surface area contributed by atoms with Gasteiger partial charge in [-0.1, -0.05) is 56.1 Å². The Bertz CT molecular complexity index is 759. The molecule has 2 aromatic rings. The smallest absolute Gasteiger partial charge is 0.324 e. The highest BCUT2D eigenvalue weighted by Gasteiger charge is 2.60. The molecule has 0 spiro atoms. The van der Waals surface area contributed by atoms with E-state index in [0.717, 1.165) is 20.1 Å². The maximum Gasteiger partial charge on any atom is 0.324 e. The van der Waals surface area contributed by atoms with Gasteiger partial charge in [0.2, 0.25) is 0 Å². The van der Waals surface area contributed by atoms with Gasteiger partial charge in [-0.15, -0.1) is 0 Å². The molecule has 0 radical (unpaired) electrons. The van der Waals surface area contributed by atoms with E-state index >= 15 is 0 Å². The Morgan fingerprint density at radius 1 is 0.778 bits per heavy atom. The Morgan fingerprint density at radius 2 is 1.11 bits per heavy atom. The third kappa shape index (κ3) is 4.61. The van der Waals surface area contributed by atoms with Crippen LogP contribution in [-0.4, -0.2) is 11.9 Å². The summed E-state index contributed by atoms with van der Waals surface area (Å²) in [5, 5.41) is 0. The van der Waals surface area contributed by atoms with Crippen molar-refractivity contribution in [2.45, 2.75) is 38.9 Å². The summed E-state index contributed by atoms with van der Waals surface area (Å²) in [5.74, 6) is -1.02. The molecule has 0 aliphatic heterocycles. The fourth-order valence-electron chi connectivity index (χ4n) is 2.77. The number of esters is 2. The monoisotopic (exact) mass is 494 g/mol. The van der Waals surface area contributed by atoms with E-state index in [4.69, 9.17) is 9.47 Å². The Balaban J connectivity index is 1.63. The zero-order valence-electron chi connectivity index (χ0n) is 15.1. The van der Waals surface area contributed by atoms with Gasteiger partial charge >= 0.3 is 11.9 Å². The van der Waals surface area contributed by atoms with Crippen molar-refractivity contribution in [3.63, 3.8) is 0 Å². The van der Waals surface area contributed by atoms with Crippen molar-refractivity contribution >= 4 is 43.8 Å². The average Bonchev–Trinajstić information content (AvgIpc) is 3.44. The SMILES string of the molecule is CC(OC(=O)C1(C(=O)OC(C)c2ccc(Br)cc2)CC1)c1ccc(Br)cc1. The van der Waals surface area contributed by atoms with E-state index < -0.39 is 29.6 Å². The van der Waals surface area contributed by atoms with Crippen molar-refractivity contribution in [3.05, 3.63) is 68.6 Å². The standard InChI is InChI=1S/C21H20Br2O4/c1-13(15-3-7-17(22)8-4-15)26-19(24)21(11-12-21)20(25)27-14(2)16-5-9-18(23)10-6-16/h3-10,13-14H,11-12H2,1-2H3. The lowest BCUT2D eigenvalue weighted by Gasteiger charge is -2.21. The first-order valence-corrected chi connectivity index (χ1v) is 10.3. The van der Waals surface area contributed by atoms with Crippen LogP contribution in [-0.2, 0) is 19.1 Å². The highest BCUT2D eigenvalue weighted by molar-refractivity contribution is 9.10. The van der Waals surface area contributed by atoms with Crippen LogP contribution in [0.5, 0.6) is 0 Å². The Hall–Kier alpha value is -1.66. The van der Waals surface area contributed by atoms with Gasteiger partial charge in [-0.3, -0.25) is 9.59 Å². The van der Waals surface area contributed by atoms with Gasteiger partial charge in [-0.2, -0.15) is 0 Å². The zero-order chi connectivity index (χ0) is 19.6. The molecule has 1 aliphatic carbocycles. The number of benzene rings is 2. The van der Waals surface area contributed by atoms with E-state index in [-0.39, 0.29) is 0 Å². The molecule has 0 aromatic heterocycles. The molecule has 1 saturated carbocycles. The second-order valence-corrected chi connectivity index (χ2v) is 8.61. The van der Waals surface area contributed by atoms with Gasteiger partial charge in [0.05, 0.1) is 0 Å². The predicted octanol–water partition coefficient (Wildman–Crippen LogP) is 5.90. The van der Waals surface area contributed by atoms with Gasteiger partial charge in [0, 0.05) is 8.95 Å². The van der Waals surface area contributed by atoms with Crippen molar-refractivity contribution in [3.8, 4) is 0 Å². The number of ether oxygens (including phenoxy) is 2. The van der Waals surface area contributed by atoms with Crippen LogP contribution >= 0.6 is 31.9 Å². The molecule has 1 aliphatic rings. The first-order chi connectivity index (χ1) is 12.8. The van der Waals surface area contributed by atoms with Crippen LogP contribution in [0.4, 0.5) is 0 Å². The summed E-state index contributed by atoms with van der Waals surface area (Å²) in [6, 6.07) is 15.1. The fraction of sp³-hybridized carbons (Fsp3) is 0.333.